The zero-order valence-electron chi connectivity index (χ0n) is 22.7. The van der Waals surface area contributed by atoms with Crippen LogP contribution in [0.2, 0.25) is 0 Å². The van der Waals surface area contributed by atoms with Crippen LogP contribution in [0.15, 0.2) is 54.6 Å². The smallest absolute Gasteiger partial charge is 0.326 e. The Morgan fingerprint density at radius 3 is 2.36 bits per heavy atom. The van der Waals surface area contributed by atoms with E-state index in [0.29, 0.717) is 32.4 Å². The molecule has 4 rings (SSSR count). The Labute approximate surface area is 234 Å². The maximum absolute atomic E-state index is 14.1. The lowest BCUT2D eigenvalue weighted by Gasteiger charge is -2.41. The molecule has 5 atom stereocenters. The van der Waals surface area contributed by atoms with Gasteiger partial charge in [-0.1, -0.05) is 80.2 Å². The number of likely N-dealkylation sites (N-methyl/N-ethyl adjacent to an activating group) is 1. The van der Waals surface area contributed by atoms with Crippen LogP contribution in [0.3, 0.4) is 0 Å². The number of nitrogens with zero attached hydrogens (tertiary/aromatic N) is 2. The number of carbonyl (C=O) groups excluding carboxylic acids is 3. The third kappa shape index (κ3) is 6.20. The first-order valence-corrected chi connectivity index (χ1v) is 14.5. The molecule has 2 aliphatic heterocycles. The van der Waals surface area contributed by atoms with Gasteiger partial charge in [0, 0.05) is 13.3 Å². The van der Waals surface area contributed by atoms with Crippen molar-refractivity contribution >= 4 is 34.7 Å². The summed E-state index contributed by atoms with van der Waals surface area (Å²) in [5.74, 6) is -1.74. The van der Waals surface area contributed by atoms with Gasteiger partial charge in [0.05, 0.1) is 11.3 Å². The van der Waals surface area contributed by atoms with E-state index in [-0.39, 0.29) is 29.4 Å². The van der Waals surface area contributed by atoms with E-state index in [0.717, 1.165) is 28.5 Å². The van der Waals surface area contributed by atoms with E-state index in [2.05, 4.69) is 5.32 Å². The molecule has 0 saturated carbocycles. The number of carbonyl (C=O) groups is 4. The third-order valence-corrected chi connectivity index (χ3v) is 8.92. The van der Waals surface area contributed by atoms with E-state index in [1.165, 1.54) is 11.8 Å². The van der Waals surface area contributed by atoms with Crippen LogP contribution in [-0.4, -0.2) is 69.0 Å². The topological polar surface area (TPSA) is 107 Å². The van der Waals surface area contributed by atoms with E-state index in [1.807, 2.05) is 73.3 Å². The Morgan fingerprint density at radius 2 is 1.72 bits per heavy atom. The molecule has 1 saturated heterocycles. The summed E-state index contributed by atoms with van der Waals surface area (Å²) in [7, 11) is 0. The molecule has 39 heavy (non-hydrogen) atoms. The van der Waals surface area contributed by atoms with Crippen molar-refractivity contribution in [3.63, 3.8) is 0 Å². The zero-order chi connectivity index (χ0) is 28.1. The van der Waals surface area contributed by atoms with Crippen molar-refractivity contribution in [3.05, 3.63) is 71.3 Å². The molecule has 2 aromatic carbocycles. The van der Waals surface area contributed by atoms with Crippen LogP contribution in [0.25, 0.3) is 0 Å². The lowest BCUT2D eigenvalue weighted by atomic mass is 9.89. The van der Waals surface area contributed by atoms with Crippen molar-refractivity contribution in [2.75, 3.05) is 13.1 Å². The predicted molar refractivity (Wildman–Crippen MR) is 151 cm³/mol. The Morgan fingerprint density at radius 1 is 1.05 bits per heavy atom. The second kappa shape index (κ2) is 12.8. The molecule has 2 aromatic rings. The number of thioether (sulfide) groups is 1. The van der Waals surface area contributed by atoms with Gasteiger partial charge in [-0.05, 0) is 49.0 Å². The van der Waals surface area contributed by atoms with Gasteiger partial charge in [0.25, 0.3) is 0 Å². The molecule has 8 nitrogen and oxygen atoms in total. The highest BCUT2D eigenvalue weighted by Gasteiger charge is 2.45. The summed E-state index contributed by atoms with van der Waals surface area (Å²) in [5.41, 5.74) is 2.74. The Hall–Kier alpha value is -3.17. The van der Waals surface area contributed by atoms with Crippen LogP contribution in [0.5, 0.6) is 0 Å². The van der Waals surface area contributed by atoms with E-state index in [4.69, 9.17) is 0 Å². The first-order valence-electron chi connectivity index (χ1n) is 13.7. The first-order chi connectivity index (χ1) is 18.8. The van der Waals surface area contributed by atoms with Crippen LogP contribution < -0.4 is 5.32 Å². The Bertz CT molecular complexity index is 1200. The molecule has 0 bridgehead atoms. The maximum Gasteiger partial charge on any atom is 0.326 e. The number of amides is 2. The fourth-order valence-electron chi connectivity index (χ4n) is 6.01. The van der Waals surface area contributed by atoms with Gasteiger partial charge in [0.15, 0.2) is 5.12 Å². The van der Waals surface area contributed by atoms with Gasteiger partial charge >= 0.3 is 5.97 Å². The standard InChI is InChI=1S/C30H37N3O5S/c1-4-32(5-2)26(27(39-19(3)34)20-12-7-6-8-13-20)28(35)31-23-18-21-14-9-10-15-22(21)24-16-11-17-25(30(37)38)33(24)29(23)36/h6-10,12-15,23-27H,4-5,11,16-18H2,1-3H3,(H,31,35)(H,37,38)/t23?,24?,25?,26-,27?/m1/s1. The fraction of sp³-hybridized carbons (Fsp3) is 0.467. The average molecular weight is 552 g/mol. The van der Waals surface area contributed by atoms with Crippen molar-refractivity contribution in [1.29, 1.82) is 0 Å². The maximum atomic E-state index is 14.1. The van der Waals surface area contributed by atoms with E-state index in [1.54, 1.807) is 0 Å². The molecule has 2 amide bonds. The number of rotatable bonds is 9. The monoisotopic (exact) mass is 551 g/mol. The molecule has 0 aromatic heterocycles. The summed E-state index contributed by atoms with van der Waals surface area (Å²) in [6, 6.07) is 14.3. The molecule has 2 heterocycles. The van der Waals surface area contributed by atoms with Crippen LogP contribution in [-0.2, 0) is 25.6 Å². The van der Waals surface area contributed by atoms with Crippen molar-refractivity contribution in [3.8, 4) is 0 Å². The highest BCUT2D eigenvalue weighted by Crippen LogP contribution is 2.40. The van der Waals surface area contributed by atoms with Gasteiger partial charge < -0.3 is 15.3 Å². The van der Waals surface area contributed by atoms with E-state index in [9.17, 15) is 24.3 Å². The van der Waals surface area contributed by atoms with Gasteiger partial charge in [-0.15, -0.1) is 0 Å². The van der Waals surface area contributed by atoms with Gasteiger partial charge in [0.1, 0.15) is 18.1 Å². The third-order valence-electron chi connectivity index (χ3n) is 7.80. The Kier molecular flexibility index (Phi) is 9.45. The predicted octanol–water partition coefficient (Wildman–Crippen LogP) is 3.97. The number of hydrogen-bond acceptors (Lipinski definition) is 6. The van der Waals surface area contributed by atoms with E-state index < -0.39 is 29.3 Å². The minimum absolute atomic E-state index is 0.103. The first kappa shape index (κ1) is 28.8. The summed E-state index contributed by atoms with van der Waals surface area (Å²) in [5, 5.41) is 12.4. The molecule has 0 spiro atoms. The second-order valence-corrected chi connectivity index (χ2v) is 11.4. The van der Waals surface area contributed by atoms with Crippen LogP contribution in [0, 0.1) is 0 Å². The molecule has 208 valence electrons. The fourth-order valence-corrected chi connectivity index (χ4v) is 7.08. The summed E-state index contributed by atoms with van der Waals surface area (Å²) >= 11 is 1.11. The highest BCUT2D eigenvalue weighted by molar-refractivity contribution is 8.13. The number of fused-ring (bicyclic) bond motifs is 3. The molecular formula is C30H37N3O5S. The summed E-state index contributed by atoms with van der Waals surface area (Å²) < 4.78 is 0. The molecule has 4 unspecified atom stereocenters. The molecule has 0 aliphatic carbocycles. The number of carboxylic acids is 1. The molecule has 0 radical (unpaired) electrons. The Balaban J connectivity index is 1.72. The van der Waals surface area contributed by atoms with E-state index >= 15 is 0 Å². The van der Waals surface area contributed by atoms with Crippen molar-refractivity contribution in [2.45, 2.75) is 75.9 Å². The molecular weight excluding hydrogens is 514 g/mol. The number of carboxylic acid groups (broad SMARTS) is 1. The van der Waals surface area contributed by atoms with Crippen molar-refractivity contribution in [1.82, 2.24) is 15.1 Å². The SMILES string of the molecule is CCN(CC)[C@@H](C(=O)NC1Cc2ccccc2C2CCCC(C(=O)O)N2C1=O)C(SC(C)=O)c1ccccc1. The van der Waals surface area contributed by atoms with Crippen LogP contribution >= 0.6 is 11.8 Å². The second-order valence-electron chi connectivity index (χ2n) is 10.1. The average Bonchev–Trinajstić information content (AvgIpc) is 3.05. The largest absolute Gasteiger partial charge is 0.480 e. The summed E-state index contributed by atoms with van der Waals surface area (Å²) in [6.45, 7) is 6.58. The van der Waals surface area contributed by atoms with Crippen LogP contribution in [0.4, 0.5) is 0 Å². The zero-order valence-corrected chi connectivity index (χ0v) is 23.5. The lowest BCUT2D eigenvalue weighted by molar-refractivity contribution is -0.156. The number of benzene rings is 2. The van der Waals surface area contributed by atoms with Gasteiger partial charge in [-0.25, -0.2) is 4.79 Å². The van der Waals surface area contributed by atoms with Gasteiger partial charge in [-0.2, -0.15) is 0 Å². The normalized spacial score (nSPS) is 22.3. The molecule has 9 heteroatoms. The summed E-state index contributed by atoms with van der Waals surface area (Å²) in [6.07, 6.45) is 2.05. The molecule has 2 aliphatic rings. The number of nitrogens with one attached hydrogen (secondary N) is 1. The number of hydrogen-bond donors (Lipinski definition) is 2. The van der Waals surface area contributed by atoms with Crippen molar-refractivity contribution < 1.29 is 24.3 Å². The van der Waals surface area contributed by atoms with Gasteiger partial charge in [0.2, 0.25) is 11.8 Å². The highest BCUT2D eigenvalue weighted by atomic mass is 32.2. The minimum atomic E-state index is -1.03. The molecule has 2 N–H and O–H groups in total. The molecule has 1 fully saturated rings. The minimum Gasteiger partial charge on any atom is -0.480 e. The van der Waals surface area contributed by atoms with Crippen LogP contribution in [0.1, 0.15) is 68.0 Å². The summed E-state index contributed by atoms with van der Waals surface area (Å²) in [4.78, 5) is 56.2. The van der Waals surface area contributed by atoms with Gasteiger partial charge in [-0.3, -0.25) is 19.3 Å². The number of piperidine rings is 1. The van der Waals surface area contributed by atoms with Crippen molar-refractivity contribution in [2.24, 2.45) is 0 Å². The lowest BCUT2D eigenvalue weighted by Crippen LogP contribution is -2.58. The quantitative estimate of drug-likeness (QED) is 0.486. The number of aliphatic carboxylic acids is 1.